The van der Waals surface area contributed by atoms with Crippen molar-refractivity contribution in [2.45, 2.75) is 13.2 Å². The molecule has 0 fully saturated rings. The summed E-state index contributed by atoms with van der Waals surface area (Å²) in [5.41, 5.74) is 1.71. The molecule has 0 aliphatic rings. The lowest BCUT2D eigenvalue weighted by Gasteiger charge is -2.12. The third kappa shape index (κ3) is 4.22. The molecule has 0 atom stereocenters. The van der Waals surface area contributed by atoms with Crippen molar-refractivity contribution in [2.24, 2.45) is 0 Å². The molecule has 1 heterocycles. The molecule has 0 radical (unpaired) electrons. The van der Waals surface area contributed by atoms with Gasteiger partial charge in [-0.3, -0.25) is 0 Å². The minimum Gasteiger partial charge on any atom is -0.432 e. The number of benzene rings is 1. The quantitative estimate of drug-likeness (QED) is 0.659. The lowest BCUT2D eigenvalue weighted by Crippen LogP contribution is -2.04. The van der Waals surface area contributed by atoms with Gasteiger partial charge in [0.25, 0.3) is 0 Å². The van der Waals surface area contributed by atoms with Crippen molar-refractivity contribution < 1.29 is 13.5 Å². The van der Waals surface area contributed by atoms with Gasteiger partial charge in [-0.15, -0.1) is 11.3 Å². The van der Waals surface area contributed by atoms with Gasteiger partial charge in [0.2, 0.25) is 0 Å². The van der Waals surface area contributed by atoms with E-state index in [0.29, 0.717) is 12.2 Å². The fourth-order valence-electron chi connectivity index (χ4n) is 1.51. The van der Waals surface area contributed by atoms with Crippen LogP contribution in [-0.4, -0.2) is 6.61 Å². The highest BCUT2D eigenvalue weighted by molar-refractivity contribution is 9.11. The summed E-state index contributed by atoms with van der Waals surface area (Å²) in [6.45, 7) is -2.39. The molecular weight excluding hydrogens is 395 g/mol. The molecule has 2 nitrogen and oxygen atoms in total. The smallest absolute Gasteiger partial charge is 0.387 e. The Morgan fingerprint density at radius 3 is 2.40 bits per heavy atom. The number of ether oxygens (including phenoxy) is 1. The van der Waals surface area contributed by atoms with Crippen LogP contribution in [0.1, 0.15) is 5.56 Å². The van der Waals surface area contributed by atoms with Gasteiger partial charge in [0.05, 0.1) is 13.8 Å². The molecule has 1 N–H and O–H groups in total. The molecule has 2 aromatic rings. The summed E-state index contributed by atoms with van der Waals surface area (Å²) >= 11 is 16.7. The Bertz CT molecular complexity index is 586. The van der Waals surface area contributed by atoms with Crippen LogP contribution >= 0.6 is 50.5 Å². The van der Waals surface area contributed by atoms with Crippen molar-refractivity contribution >= 4 is 56.2 Å². The van der Waals surface area contributed by atoms with Crippen LogP contribution in [-0.2, 0) is 6.54 Å². The zero-order valence-electron chi connectivity index (χ0n) is 9.80. The zero-order chi connectivity index (χ0) is 14.7. The third-order valence-corrected chi connectivity index (χ3v) is 4.44. The summed E-state index contributed by atoms with van der Waals surface area (Å²) in [6.07, 6.45) is 0. The molecule has 0 bridgehead atoms. The molecule has 1 aromatic heterocycles. The number of hydrogen-bond acceptors (Lipinski definition) is 3. The van der Waals surface area contributed by atoms with E-state index in [-0.39, 0.29) is 15.8 Å². The molecule has 2 rings (SSSR count). The first-order valence-electron chi connectivity index (χ1n) is 5.36. The van der Waals surface area contributed by atoms with Crippen molar-refractivity contribution in [2.75, 3.05) is 5.32 Å². The predicted octanol–water partition coefficient (Wildman–Crippen LogP) is 6.03. The van der Waals surface area contributed by atoms with Crippen LogP contribution in [0.5, 0.6) is 5.75 Å². The van der Waals surface area contributed by atoms with E-state index in [2.05, 4.69) is 26.0 Å². The van der Waals surface area contributed by atoms with E-state index in [4.69, 9.17) is 23.2 Å². The Hall–Kier alpha value is -0.560. The summed E-state index contributed by atoms with van der Waals surface area (Å²) in [6, 6.07) is 4.97. The number of rotatable bonds is 5. The minimum atomic E-state index is -2.97. The topological polar surface area (TPSA) is 21.3 Å². The van der Waals surface area contributed by atoms with Gasteiger partial charge in [0.15, 0.2) is 5.75 Å². The maximum absolute atomic E-state index is 12.2. The van der Waals surface area contributed by atoms with E-state index in [1.54, 1.807) is 11.3 Å². The lowest BCUT2D eigenvalue weighted by molar-refractivity contribution is -0.0497. The van der Waals surface area contributed by atoms with E-state index in [0.717, 1.165) is 9.35 Å². The standard InChI is InChI=1S/C12H8BrCl2F2NOS/c13-10-1-6(5-20-10)4-18-7-2-8(14)11(9(15)3-7)19-12(16)17/h1-3,5,12,18H,4H2. The van der Waals surface area contributed by atoms with E-state index < -0.39 is 6.61 Å². The highest BCUT2D eigenvalue weighted by Crippen LogP contribution is 2.37. The molecule has 0 spiro atoms. The minimum absolute atomic E-state index is 0.0341. The summed E-state index contributed by atoms with van der Waals surface area (Å²) in [4.78, 5) is 0. The molecule has 108 valence electrons. The second-order valence-corrected chi connectivity index (χ2v) is 6.87. The summed E-state index contributed by atoms with van der Waals surface area (Å²) < 4.78 is 29.7. The van der Waals surface area contributed by atoms with Crippen molar-refractivity contribution in [1.29, 1.82) is 0 Å². The highest BCUT2D eigenvalue weighted by atomic mass is 79.9. The summed E-state index contributed by atoms with van der Waals surface area (Å²) in [7, 11) is 0. The van der Waals surface area contributed by atoms with Gasteiger partial charge in [-0.25, -0.2) is 0 Å². The molecule has 0 unspecified atom stereocenters. The van der Waals surface area contributed by atoms with Crippen molar-refractivity contribution in [1.82, 2.24) is 0 Å². The predicted molar refractivity (Wildman–Crippen MR) is 82.4 cm³/mol. The summed E-state index contributed by atoms with van der Waals surface area (Å²) in [5.74, 6) is -0.216. The first kappa shape index (κ1) is 15.8. The molecule has 0 saturated carbocycles. The lowest BCUT2D eigenvalue weighted by atomic mass is 10.2. The average Bonchev–Trinajstić information content (AvgIpc) is 2.77. The normalized spacial score (nSPS) is 10.9. The first-order chi connectivity index (χ1) is 9.45. The second-order valence-electron chi connectivity index (χ2n) is 3.76. The molecule has 0 aliphatic heterocycles. The molecule has 0 saturated heterocycles. The van der Waals surface area contributed by atoms with Gasteiger partial charge in [0, 0.05) is 12.2 Å². The van der Waals surface area contributed by atoms with E-state index in [1.807, 2.05) is 11.4 Å². The van der Waals surface area contributed by atoms with Crippen LogP contribution in [0.4, 0.5) is 14.5 Å². The molecule has 8 heteroatoms. The Labute approximate surface area is 136 Å². The highest BCUT2D eigenvalue weighted by Gasteiger charge is 2.14. The largest absolute Gasteiger partial charge is 0.432 e. The van der Waals surface area contributed by atoms with Gasteiger partial charge in [-0.1, -0.05) is 23.2 Å². The molecular formula is C12H8BrCl2F2NOS. The van der Waals surface area contributed by atoms with Crippen LogP contribution in [0.15, 0.2) is 27.4 Å². The monoisotopic (exact) mass is 401 g/mol. The van der Waals surface area contributed by atoms with Crippen LogP contribution in [0.3, 0.4) is 0 Å². The SMILES string of the molecule is FC(F)Oc1c(Cl)cc(NCc2csc(Br)c2)cc1Cl. The first-order valence-corrected chi connectivity index (χ1v) is 7.79. The van der Waals surface area contributed by atoms with Gasteiger partial charge < -0.3 is 10.1 Å². The van der Waals surface area contributed by atoms with Crippen LogP contribution in [0, 0.1) is 0 Å². The van der Waals surface area contributed by atoms with E-state index in [1.165, 1.54) is 12.1 Å². The number of nitrogens with one attached hydrogen (secondary N) is 1. The Morgan fingerprint density at radius 2 is 1.90 bits per heavy atom. The van der Waals surface area contributed by atoms with Crippen LogP contribution < -0.4 is 10.1 Å². The van der Waals surface area contributed by atoms with Gasteiger partial charge >= 0.3 is 6.61 Å². The van der Waals surface area contributed by atoms with Gasteiger partial charge in [-0.2, -0.15) is 8.78 Å². The van der Waals surface area contributed by atoms with Crippen molar-refractivity contribution in [3.63, 3.8) is 0 Å². The number of thiophene rings is 1. The second kappa shape index (κ2) is 6.93. The van der Waals surface area contributed by atoms with Crippen molar-refractivity contribution in [3.8, 4) is 5.75 Å². The van der Waals surface area contributed by atoms with E-state index in [9.17, 15) is 8.78 Å². The van der Waals surface area contributed by atoms with Crippen LogP contribution in [0.25, 0.3) is 0 Å². The Morgan fingerprint density at radius 1 is 1.25 bits per heavy atom. The number of halogens is 5. The van der Waals surface area contributed by atoms with Crippen LogP contribution in [0.2, 0.25) is 10.0 Å². The maximum Gasteiger partial charge on any atom is 0.387 e. The van der Waals surface area contributed by atoms with E-state index >= 15 is 0 Å². The number of anilines is 1. The molecule has 20 heavy (non-hydrogen) atoms. The number of hydrogen-bond donors (Lipinski definition) is 1. The molecule has 0 aliphatic carbocycles. The average molecular weight is 403 g/mol. The fraction of sp³-hybridized carbons (Fsp3) is 0.167. The fourth-order valence-corrected chi connectivity index (χ4v) is 3.29. The Kier molecular flexibility index (Phi) is 5.49. The number of alkyl halides is 2. The summed E-state index contributed by atoms with van der Waals surface area (Å²) in [5, 5.41) is 5.17. The maximum atomic E-state index is 12.2. The van der Waals surface area contributed by atoms with Gasteiger partial charge in [0.1, 0.15) is 0 Å². The Balaban J connectivity index is 2.09. The van der Waals surface area contributed by atoms with Gasteiger partial charge in [-0.05, 0) is 45.1 Å². The van der Waals surface area contributed by atoms with Crippen molar-refractivity contribution in [3.05, 3.63) is 43.0 Å². The third-order valence-electron chi connectivity index (χ3n) is 2.32. The molecule has 0 amide bonds. The molecule has 1 aromatic carbocycles. The zero-order valence-corrected chi connectivity index (χ0v) is 13.7.